The lowest BCUT2D eigenvalue weighted by Crippen LogP contribution is -1.90. The highest BCUT2D eigenvalue weighted by molar-refractivity contribution is 7.98. The first-order valence-corrected chi connectivity index (χ1v) is 7.76. The summed E-state index contributed by atoms with van der Waals surface area (Å²) in [5.41, 5.74) is 2.82. The van der Waals surface area contributed by atoms with Crippen molar-refractivity contribution in [2.75, 3.05) is 0 Å². The number of para-hydroxylation sites is 1. The SMILES string of the molecule is N#Cc1ccc(CSc2nc(=S)c3ccccc3[nH]2)cc1. The van der Waals surface area contributed by atoms with Crippen LogP contribution < -0.4 is 0 Å². The fraction of sp³-hybridized carbons (Fsp3) is 0.0625. The quantitative estimate of drug-likeness (QED) is 0.441. The van der Waals surface area contributed by atoms with E-state index < -0.39 is 0 Å². The summed E-state index contributed by atoms with van der Waals surface area (Å²) in [7, 11) is 0. The number of nitrogens with zero attached hydrogens (tertiary/aromatic N) is 2. The average Bonchev–Trinajstić information content (AvgIpc) is 2.53. The summed E-state index contributed by atoms with van der Waals surface area (Å²) in [5, 5.41) is 10.6. The minimum Gasteiger partial charge on any atom is -0.334 e. The van der Waals surface area contributed by atoms with E-state index in [-0.39, 0.29) is 0 Å². The van der Waals surface area contributed by atoms with E-state index in [0.29, 0.717) is 10.2 Å². The van der Waals surface area contributed by atoms with E-state index >= 15 is 0 Å². The maximum absolute atomic E-state index is 8.79. The lowest BCUT2D eigenvalue weighted by Gasteiger charge is -2.04. The van der Waals surface area contributed by atoms with Gasteiger partial charge in [0.1, 0.15) is 4.64 Å². The van der Waals surface area contributed by atoms with Crippen LogP contribution in [-0.2, 0) is 5.75 Å². The summed E-state index contributed by atoms with van der Waals surface area (Å²) < 4.78 is 0.617. The number of hydrogen-bond donors (Lipinski definition) is 1. The molecule has 3 nitrogen and oxygen atoms in total. The van der Waals surface area contributed by atoms with Crippen LogP contribution in [0.2, 0.25) is 0 Å². The number of benzene rings is 2. The van der Waals surface area contributed by atoms with E-state index in [1.165, 1.54) is 0 Å². The minimum atomic E-state index is 0.617. The standard InChI is InChI=1S/C16H11N3S2/c17-9-11-5-7-12(8-6-11)10-21-16-18-14-4-2-1-3-13(14)15(20)19-16/h1-8H,10H2,(H,18,19,20). The van der Waals surface area contributed by atoms with Gasteiger partial charge in [0.25, 0.3) is 0 Å². The lowest BCUT2D eigenvalue weighted by molar-refractivity contribution is 0.992. The zero-order valence-electron chi connectivity index (χ0n) is 11.0. The first-order valence-electron chi connectivity index (χ1n) is 6.37. The number of rotatable bonds is 3. The molecule has 0 aliphatic carbocycles. The molecular formula is C16H11N3S2. The summed E-state index contributed by atoms with van der Waals surface area (Å²) in [5.74, 6) is 0.780. The molecule has 21 heavy (non-hydrogen) atoms. The number of nitriles is 1. The Hall–Kier alpha value is -2.16. The molecule has 0 saturated carbocycles. The molecular weight excluding hydrogens is 298 g/mol. The van der Waals surface area contributed by atoms with Crippen molar-refractivity contribution in [3.63, 3.8) is 0 Å². The molecule has 3 aromatic rings. The molecule has 0 amide bonds. The Balaban J connectivity index is 1.81. The van der Waals surface area contributed by atoms with Crippen molar-refractivity contribution in [3.05, 3.63) is 64.3 Å². The molecule has 0 fully saturated rings. The maximum Gasteiger partial charge on any atom is 0.167 e. The topological polar surface area (TPSA) is 52.5 Å². The van der Waals surface area contributed by atoms with Gasteiger partial charge in [-0.2, -0.15) is 5.26 Å². The molecule has 5 heteroatoms. The molecule has 102 valence electrons. The van der Waals surface area contributed by atoms with Crippen LogP contribution in [0.5, 0.6) is 0 Å². The molecule has 3 rings (SSSR count). The van der Waals surface area contributed by atoms with Crippen LogP contribution in [0.25, 0.3) is 10.9 Å². The number of fused-ring (bicyclic) bond motifs is 1. The third-order valence-electron chi connectivity index (χ3n) is 3.06. The second kappa shape index (κ2) is 6.08. The Morgan fingerprint density at radius 2 is 1.90 bits per heavy atom. The highest BCUT2D eigenvalue weighted by atomic mass is 32.2. The van der Waals surface area contributed by atoms with Crippen molar-refractivity contribution < 1.29 is 0 Å². The Labute approximate surface area is 131 Å². The first kappa shape index (κ1) is 13.8. The van der Waals surface area contributed by atoms with Gasteiger partial charge >= 0.3 is 0 Å². The van der Waals surface area contributed by atoms with Crippen molar-refractivity contribution in [3.8, 4) is 6.07 Å². The molecule has 2 aromatic carbocycles. The summed E-state index contributed by atoms with van der Waals surface area (Å²) in [6.07, 6.45) is 0. The normalized spacial score (nSPS) is 10.4. The first-order chi connectivity index (χ1) is 10.3. The second-order valence-electron chi connectivity index (χ2n) is 4.49. The third kappa shape index (κ3) is 3.13. The van der Waals surface area contributed by atoms with Crippen LogP contribution in [0, 0.1) is 16.0 Å². The summed E-state index contributed by atoms with van der Waals surface area (Å²) in [6, 6.07) is 17.6. The molecule has 0 saturated heterocycles. The average molecular weight is 309 g/mol. The predicted molar refractivity (Wildman–Crippen MR) is 87.6 cm³/mol. The van der Waals surface area contributed by atoms with Gasteiger partial charge in [-0.1, -0.05) is 48.2 Å². The van der Waals surface area contributed by atoms with Crippen molar-refractivity contribution in [1.29, 1.82) is 5.26 Å². The van der Waals surface area contributed by atoms with Crippen molar-refractivity contribution in [2.45, 2.75) is 10.9 Å². The highest BCUT2D eigenvalue weighted by Crippen LogP contribution is 2.22. The van der Waals surface area contributed by atoms with Gasteiger partial charge < -0.3 is 4.98 Å². The molecule has 1 aromatic heterocycles. The van der Waals surface area contributed by atoms with Crippen molar-refractivity contribution >= 4 is 34.9 Å². The Morgan fingerprint density at radius 1 is 1.14 bits per heavy atom. The molecule has 1 N–H and O–H groups in total. The van der Waals surface area contributed by atoms with Gasteiger partial charge in [0, 0.05) is 11.1 Å². The van der Waals surface area contributed by atoms with Gasteiger partial charge in [0.05, 0.1) is 17.1 Å². The molecule has 0 spiro atoms. The molecule has 0 atom stereocenters. The van der Waals surface area contributed by atoms with Crippen molar-refractivity contribution in [1.82, 2.24) is 9.97 Å². The number of H-pyrrole nitrogens is 1. The zero-order valence-corrected chi connectivity index (χ0v) is 12.7. The number of aromatic nitrogens is 2. The molecule has 0 aliphatic rings. The van der Waals surface area contributed by atoms with Crippen molar-refractivity contribution in [2.24, 2.45) is 0 Å². The monoisotopic (exact) mass is 309 g/mol. The Kier molecular flexibility index (Phi) is 4.00. The highest BCUT2D eigenvalue weighted by Gasteiger charge is 2.02. The largest absolute Gasteiger partial charge is 0.334 e. The van der Waals surface area contributed by atoms with E-state index in [1.807, 2.05) is 48.5 Å². The molecule has 0 bridgehead atoms. The summed E-state index contributed by atoms with van der Waals surface area (Å²) >= 11 is 6.92. The molecule has 0 radical (unpaired) electrons. The van der Waals surface area contributed by atoms with Gasteiger partial charge in [-0.05, 0) is 29.8 Å². The number of hydrogen-bond acceptors (Lipinski definition) is 4. The summed E-state index contributed by atoms with van der Waals surface area (Å²) in [6.45, 7) is 0. The zero-order chi connectivity index (χ0) is 14.7. The van der Waals surface area contributed by atoms with E-state index in [1.54, 1.807) is 11.8 Å². The second-order valence-corrected chi connectivity index (χ2v) is 5.84. The number of nitrogens with one attached hydrogen (secondary N) is 1. The number of thioether (sulfide) groups is 1. The van der Waals surface area contributed by atoms with Crippen LogP contribution >= 0.6 is 24.0 Å². The van der Waals surface area contributed by atoms with Gasteiger partial charge in [-0.15, -0.1) is 0 Å². The van der Waals surface area contributed by atoms with Gasteiger partial charge in [0.2, 0.25) is 0 Å². The fourth-order valence-electron chi connectivity index (χ4n) is 1.97. The minimum absolute atomic E-state index is 0.617. The summed E-state index contributed by atoms with van der Waals surface area (Å²) in [4.78, 5) is 7.71. The Morgan fingerprint density at radius 3 is 2.67 bits per heavy atom. The van der Waals surface area contributed by atoms with Gasteiger partial charge in [-0.25, -0.2) is 4.98 Å². The smallest absolute Gasteiger partial charge is 0.167 e. The van der Waals surface area contributed by atoms with Crippen LogP contribution in [0.4, 0.5) is 0 Å². The molecule has 0 aliphatic heterocycles. The Bertz CT molecular complexity index is 876. The van der Waals surface area contributed by atoms with E-state index in [0.717, 1.165) is 27.4 Å². The van der Waals surface area contributed by atoms with Crippen LogP contribution in [0.1, 0.15) is 11.1 Å². The van der Waals surface area contributed by atoms with Crippen LogP contribution in [0.15, 0.2) is 53.7 Å². The van der Waals surface area contributed by atoms with Gasteiger partial charge in [-0.3, -0.25) is 0 Å². The maximum atomic E-state index is 8.79. The fourth-order valence-corrected chi connectivity index (χ4v) is 3.13. The van der Waals surface area contributed by atoms with Crippen LogP contribution in [-0.4, -0.2) is 9.97 Å². The number of aromatic amines is 1. The lowest BCUT2D eigenvalue weighted by atomic mass is 10.2. The van der Waals surface area contributed by atoms with E-state index in [4.69, 9.17) is 17.5 Å². The third-order valence-corrected chi connectivity index (χ3v) is 4.32. The van der Waals surface area contributed by atoms with Crippen LogP contribution in [0.3, 0.4) is 0 Å². The predicted octanol–water partition coefficient (Wildman–Crippen LogP) is 4.46. The molecule has 0 unspecified atom stereocenters. The van der Waals surface area contributed by atoms with E-state index in [9.17, 15) is 0 Å². The van der Waals surface area contributed by atoms with E-state index in [2.05, 4.69) is 16.0 Å². The van der Waals surface area contributed by atoms with Gasteiger partial charge in [0.15, 0.2) is 5.16 Å². The molecule has 1 heterocycles.